The smallest absolute Gasteiger partial charge is 0.335 e. The number of nitrogens with zero attached hydrogens (tertiary/aromatic N) is 2. The third-order valence-electron chi connectivity index (χ3n) is 7.03. The highest BCUT2D eigenvalue weighted by atomic mass is 16.6. The van der Waals surface area contributed by atoms with Crippen molar-refractivity contribution in [3.05, 3.63) is 71.5 Å². The summed E-state index contributed by atoms with van der Waals surface area (Å²) < 4.78 is 6.21. The van der Waals surface area contributed by atoms with Gasteiger partial charge in [0.15, 0.2) is 5.60 Å². The molecule has 0 fully saturated rings. The highest BCUT2D eigenvalue weighted by molar-refractivity contribution is 5.90. The molecule has 1 aromatic rings. The second kappa shape index (κ2) is 12.0. The van der Waals surface area contributed by atoms with Crippen LogP contribution in [0.4, 0.5) is 0 Å². The summed E-state index contributed by atoms with van der Waals surface area (Å²) in [7, 11) is 0. The summed E-state index contributed by atoms with van der Waals surface area (Å²) in [4.78, 5) is 31.8. The number of carbonyl (C=O) groups excluding carboxylic acids is 1. The Morgan fingerprint density at radius 3 is 2.63 bits per heavy atom. The van der Waals surface area contributed by atoms with Crippen molar-refractivity contribution < 1.29 is 19.4 Å². The van der Waals surface area contributed by atoms with Gasteiger partial charge in [0, 0.05) is 36.0 Å². The van der Waals surface area contributed by atoms with E-state index in [-0.39, 0.29) is 30.0 Å². The Bertz CT molecular complexity index is 1030. The van der Waals surface area contributed by atoms with E-state index in [9.17, 15) is 14.7 Å². The zero-order chi connectivity index (χ0) is 25.4. The van der Waals surface area contributed by atoms with Crippen LogP contribution >= 0.6 is 0 Å². The quantitative estimate of drug-likeness (QED) is 0.377. The number of benzene rings is 1. The van der Waals surface area contributed by atoms with Crippen LogP contribution in [-0.2, 0) is 19.9 Å². The Morgan fingerprint density at radius 1 is 1.23 bits per heavy atom. The first-order valence-electron chi connectivity index (χ1n) is 12.8. The van der Waals surface area contributed by atoms with Gasteiger partial charge in [-0.25, -0.2) is 4.79 Å². The molecule has 0 saturated heterocycles. The number of hydrogen-bond acceptors (Lipinski definition) is 5. The number of carbonyl (C=O) groups is 2. The van der Waals surface area contributed by atoms with Crippen LogP contribution in [0.3, 0.4) is 0 Å². The number of ether oxygens (including phenoxy) is 1. The molecule has 1 heterocycles. The van der Waals surface area contributed by atoms with E-state index >= 15 is 0 Å². The fourth-order valence-corrected chi connectivity index (χ4v) is 4.66. The molecule has 35 heavy (non-hydrogen) atoms. The molecule has 1 N–H and O–H groups in total. The van der Waals surface area contributed by atoms with E-state index in [1.807, 2.05) is 50.4 Å². The lowest BCUT2D eigenvalue weighted by molar-refractivity contribution is -0.160. The molecule has 188 valence electrons. The molecular formula is C29H38N2O4. The Kier molecular flexibility index (Phi) is 9.07. The molecule has 0 spiro atoms. The normalized spacial score (nSPS) is 23.0. The Morgan fingerprint density at radius 2 is 2.00 bits per heavy atom. The number of aliphatic carboxylic acids is 1. The number of allylic oxidation sites excluding steroid dienone is 1. The van der Waals surface area contributed by atoms with Gasteiger partial charge in [-0.1, -0.05) is 70.9 Å². The molecule has 1 aliphatic heterocycles. The van der Waals surface area contributed by atoms with E-state index in [1.165, 1.54) is 0 Å². The summed E-state index contributed by atoms with van der Waals surface area (Å²) in [6.07, 6.45) is 15.8. The van der Waals surface area contributed by atoms with Gasteiger partial charge in [0.1, 0.15) is 6.17 Å². The van der Waals surface area contributed by atoms with Crippen molar-refractivity contribution in [2.24, 2.45) is 10.9 Å². The first kappa shape index (κ1) is 26.5. The summed E-state index contributed by atoms with van der Waals surface area (Å²) in [6.45, 7) is 8.21. The van der Waals surface area contributed by atoms with Gasteiger partial charge in [-0.3, -0.25) is 9.79 Å². The van der Waals surface area contributed by atoms with Gasteiger partial charge in [0.05, 0.1) is 11.5 Å². The van der Waals surface area contributed by atoms with Crippen LogP contribution in [0.5, 0.6) is 0 Å². The zero-order valence-corrected chi connectivity index (χ0v) is 21.3. The summed E-state index contributed by atoms with van der Waals surface area (Å²) in [5, 5.41) is 9.48. The molecule has 1 aliphatic carbocycles. The lowest BCUT2D eigenvalue weighted by atomic mass is 9.81. The maximum absolute atomic E-state index is 13.0. The van der Waals surface area contributed by atoms with Crippen molar-refractivity contribution in [2.45, 2.75) is 84.0 Å². The van der Waals surface area contributed by atoms with Gasteiger partial charge in [-0.2, -0.15) is 0 Å². The zero-order valence-electron chi connectivity index (χ0n) is 21.3. The van der Waals surface area contributed by atoms with Crippen LogP contribution in [0.25, 0.3) is 0 Å². The molecule has 1 aromatic carbocycles. The minimum absolute atomic E-state index is 0.198. The Balaban J connectivity index is 2.08. The molecular weight excluding hydrogens is 440 g/mol. The number of rotatable bonds is 11. The van der Waals surface area contributed by atoms with E-state index in [4.69, 9.17) is 9.73 Å². The van der Waals surface area contributed by atoms with Crippen LogP contribution < -0.4 is 0 Å². The minimum atomic E-state index is -1.09. The van der Waals surface area contributed by atoms with Crippen molar-refractivity contribution >= 4 is 18.2 Å². The highest BCUT2D eigenvalue weighted by Crippen LogP contribution is 2.42. The van der Waals surface area contributed by atoms with E-state index in [2.05, 4.69) is 24.9 Å². The van der Waals surface area contributed by atoms with Gasteiger partial charge in [0.25, 0.3) is 0 Å². The molecule has 6 heteroatoms. The molecule has 0 amide bonds. The van der Waals surface area contributed by atoms with Gasteiger partial charge in [-0.05, 0) is 37.5 Å². The molecule has 6 nitrogen and oxygen atoms in total. The summed E-state index contributed by atoms with van der Waals surface area (Å²) >= 11 is 0. The largest absolute Gasteiger partial charge is 0.478 e. The predicted molar refractivity (Wildman–Crippen MR) is 139 cm³/mol. The molecule has 0 saturated carbocycles. The van der Waals surface area contributed by atoms with Crippen LogP contribution in [0.15, 0.2) is 65.3 Å². The average molecular weight is 479 g/mol. The Labute approximate surface area is 209 Å². The Hall–Kier alpha value is -3.15. The molecule has 3 rings (SSSR count). The van der Waals surface area contributed by atoms with Crippen molar-refractivity contribution in [1.29, 1.82) is 0 Å². The topological polar surface area (TPSA) is 79.2 Å². The number of hydrogen-bond donors (Lipinski definition) is 1. The van der Waals surface area contributed by atoms with Gasteiger partial charge >= 0.3 is 11.9 Å². The molecule has 2 aliphatic rings. The van der Waals surface area contributed by atoms with Gasteiger partial charge in [-0.15, -0.1) is 0 Å². The van der Waals surface area contributed by atoms with Crippen molar-refractivity contribution in [1.82, 2.24) is 4.90 Å². The molecule has 0 aromatic heterocycles. The van der Waals surface area contributed by atoms with Crippen molar-refractivity contribution in [2.75, 3.05) is 0 Å². The standard InChI is InChI=1S/C29H38N2O4/c1-5-8-12-23(7-3)31-20-11-19-30-26(31)24-13-9-10-14-25(24)29(35-28(34)21(4)6-2)17-15-22(16-18-29)27(32)33/h9-11,13-17,19-21,23,26H,5-8,12,18H2,1-4H3,(H,32,33)/t21?,23?,26?,29-/m1/s1. The van der Waals surface area contributed by atoms with Crippen LogP contribution in [0, 0.1) is 5.92 Å². The lowest BCUT2D eigenvalue weighted by Gasteiger charge is -2.40. The first-order chi connectivity index (χ1) is 16.9. The number of carboxylic acids is 1. The molecule has 4 atom stereocenters. The second-order valence-corrected chi connectivity index (χ2v) is 9.37. The predicted octanol–water partition coefficient (Wildman–Crippen LogP) is 6.31. The first-order valence-corrected chi connectivity index (χ1v) is 12.8. The second-order valence-electron chi connectivity index (χ2n) is 9.37. The minimum Gasteiger partial charge on any atom is -0.478 e. The van der Waals surface area contributed by atoms with E-state index < -0.39 is 11.6 Å². The van der Waals surface area contributed by atoms with Crippen LogP contribution in [-0.4, -0.2) is 34.2 Å². The fraction of sp³-hybridized carbons (Fsp3) is 0.483. The summed E-state index contributed by atoms with van der Waals surface area (Å²) in [5.74, 6) is -1.55. The summed E-state index contributed by atoms with van der Waals surface area (Å²) in [6, 6.07) is 8.26. The van der Waals surface area contributed by atoms with Gasteiger partial charge < -0.3 is 14.7 Å². The van der Waals surface area contributed by atoms with Crippen LogP contribution in [0.1, 0.15) is 83.5 Å². The number of unbranched alkanes of at least 4 members (excludes halogenated alkanes) is 1. The van der Waals surface area contributed by atoms with Crippen molar-refractivity contribution in [3.8, 4) is 0 Å². The van der Waals surface area contributed by atoms with E-state index in [1.54, 1.807) is 18.2 Å². The van der Waals surface area contributed by atoms with Gasteiger partial charge in [0.2, 0.25) is 0 Å². The fourth-order valence-electron chi connectivity index (χ4n) is 4.66. The van der Waals surface area contributed by atoms with E-state index in [0.717, 1.165) is 36.8 Å². The van der Waals surface area contributed by atoms with E-state index in [0.29, 0.717) is 12.5 Å². The third-order valence-corrected chi connectivity index (χ3v) is 7.03. The SMILES string of the molecule is CCCCC(CC)N1C=CC=NC1c1ccccc1[C@@]1(OC(=O)C(C)CC)C=CC(C(=O)O)=CC1. The third kappa shape index (κ3) is 5.92. The molecule has 3 unspecified atom stereocenters. The molecule has 0 bridgehead atoms. The number of esters is 1. The monoisotopic (exact) mass is 478 g/mol. The van der Waals surface area contributed by atoms with Crippen molar-refractivity contribution in [3.63, 3.8) is 0 Å². The molecule has 0 radical (unpaired) electrons. The number of carboxylic acid groups (broad SMARTS) is 1. The lowest BCUT2D eigenvalue weighted by Crippen LogP contribution is -2.38. The highest BCUT2D eigenvalue weighted by Gasteiger charge is 2.40. The summed E-state index contributed by atoms with van der Waals surface area (Å²) in [5.41, 5.74) is 0.894. The maximum Gasteiger partial charge on any atom is 0.335 e. The average Bonchev–Trinajstić information content (AvgIpc) is 2.89. The van der Waals surface area contributed by atoms with Crippen LogP contribution in [0.2, 0.25) is 0 Å². The maximum atomic E-state index is 13.0. The number of aliphatic imine (C=N–C) groups is 1.